The molecule has 0 unspecified atom stereocenters. The zero-order valence-corrected chi connectivity index (χ0v) is 16.1. The van der Waals surface area contributed by atoms with E-state index in [4.69, 9.17) is 4.98 Å². The normalized spacial score (nSPS) is 15.2. The summed E-state index contributed by atoms with van der Waals surface area (Å²) in [4.78, 5) is 19.6. The number of benzene rings is 1. The van der Waals surface area contributed by atoms with Gasteiger partial charge in [0.25, 0.3) is 0 Å². The number of piperidine rings is 1. The lowest BCUT2D eigenvalue weighted by atomic mass is 9.96. The van der Waals surface area contributed by atoms with Gasteiger partial charge >= 0.3 is 0 Å². The first-order valence-electron chi connectivity index (χ1n) is 9.08. The highest BCUT2D eigenvalue weighted by molar-refractivity contribution is 7.15. The van der Waals surface area contributed by atoms with Crippen LogP contribution in [0.4, 0.5) is 11.1 Å². The van der Waals surface area contributed by atoms with E-state index in [9.17, 15) is 4.79 Å². The Kier molecular flexibility index (Phi) is 4.89. The van der Waals surface area contributed by atoms with E-state index in [-0.39, 0.29) is 11.8 Å². The predicted molar refractivity (Wildman–Crippen MR) is 108 cm³/mol. The quantitative estimate of drug-likeness (QED) is 0.686. The molecule has 0 spiro atoms. The molecule has 0 radical (unpaired) electrons. The van der Waals surface area contributed by atoms with E-state index >= 15 is 0 Å². The molecule has 4 rings (SSSR count). The number of nitrogens with one attached hydrogen (secondary N) is 1. The molecule has 0 bridgehead atoms. The van der Waals surface area contributed by atoms with Gasteiger partial charge in [0.15, 0.2) is 0 Å². The highest BCUT2D eigenvalue weighted by Gasteiger charge is 2.28. The van der Waals surface area contributed by atoms with Gasteiger partial charge in [-0.3, -0.25) is 4.79 Å². The number of hydrogen-bond donors (Lipinski definition) is 1. The number of aryl methyl sites for hydroxylation is 1. The number of anilines is 2. The molecule has 1 fully saturated rings. The van der Waals surface area contributed by atoms with Crippen molar-refractivity contribution in [3.8, 4) is 0 Å². The molecule has 1 saturated heterocycles. The first-order chi connectivity index (χ1) is 13.2. The van der Waals surface area contributed by atoms with Crippen LogP contribution in [-0.2, 0) is 11.3 Å². The number of imidazole rings is 1. The monoisotopic (exact) mass is 382 g/mol. The molecule has 1 aromatic carbocycles. The first kappa shape index (κ1) is 17.7. The van der Waals surface area contributed by atoms with Crippen molar-refractivity contribution >= 4 is 39.4 Å². The number of hydrogen-bond acceptors (Lipinski definition) is 6. The van der Waals surface area contributed by atoms with Gasteiger partial charge in [0, 0.05) is 25.6 Å². The van der Waals surface area contributed by atoms with Crippen LogP contribution >= 0.6 is 11.3 Å². The number of amides is 1. The molecule has 1 aliphatic rings. The Balaban J connectivity index is 1.46. The number of rotatable bonds is 5. The summed E-state index contributed by atoms with van der Waals surface area (Å²) in [5, 5.41) is 12.2. The van der Waals surface area contributed by atoms with Crippen molar-refractivity contribution < 1.29 is 4.79 Å². The Morgan fingerprint density at radius 3 is 2.81 bits per heavy atom. The smallest absolute Gasteiger partial charge is 0.229 e. The van der Waals surface area contributed by atoms with Gasteiger partial charge in [-0.2, -0.15) is 0 Å². The highest BCUT2D eigenvalue weighted by Crippen LogP contribution is 2.28. The number of para-hydroxylation sites is 2. The molecule has 27 heavy (non-hydrogen) atoms. The number of nitrogens with zero attached hydrogens (tertiary/aromatic N) is 5. The zero-order valence-electron chi connectivity index (χ0n) is 15.3. The second kappa shape index (κ2) is 7.48. The fourth-order valence-electron chi connectivity index (χ4n) is 3.51. The van der Waals surface area contributed by atoms with E-state index in [0.29, 0.717) is 11.7 Å². The van der Waals surface area contributed by atoms with Gasteiger partial charge in [-0.1, -0.05) is 29.5 Å². The Bertz CT molecular complexity index is 970. The standard InChI is InChI=1S/C19H22N6OS/c1-3-10-25-16-7-5-4-6-15(16)20-19(25)24-11-8-14(9-12-24)17(26)21-18-23-22-13(2)27-18/h3-7,14H,1,8-12H2,2H3,(H,21,23,26). The van der Waals surface area contributed by atoms with Crippen LogP contribution in [0.5, 0.6) is 0 Å². The molecular formula is C19H22N6OS. The van der Waals surface area contributed by atoms with E-state index in [0.717, 1.165) is 47.9 Å². The second-order valence-corrected chi connectivity index (χ2v) is 7.86. The highest BCUT2D eigenvalue weighted by atomic mass is 32.1. The Morgan fingerprint density at radius 1 is 1.33 bits per heavy atom. The van der Waals surface area contributed by atoms with E-state index < -0.39 is 0 Å². The number of carbonyl (C=O) groups is 1. The molecule has 0 aliphatic carbocycles. The van der Waals surface area contributed by atoms with Gasteiger partial charge in [-0.25, -0.2) is 4.98 Å². The summed E-state index contributed by atoms with van der Waals surface area (Å²) in [6.07, 6.45) is 3.48. The van der Waals surface area contributed by atoms with Crippen LogP contribution in [0.15, 0.2) is 36.9 Å². The number of allylic oxidation sites excluding steroid dienone is 1. The van der Waals surface area contributed by atoms with E-state index in [1.54, 1.807) is 0 Å². The molecular weight excluding hydrogens is 360 g/mol. The van der Waals surface area contributed by atoms with Crippen molar-refractivity contribution in [1.82, 2.24) is 19.7 Å². The van der Waals surface area contributed by atoms with Crippen molar-refractivity contribution in [1.29, 1.82) is 0 Å². The van der Waals surface area contributed by atoms with E-state index in [2.05, 4.69) is 37.6 Å². The lowest BCUT2D eigenvalue weighted by Gasteiger charge is -2.32. The second-order valence-electron chi connectivity index (χ2n) is 6.68. The Morgan fingerprint density at radius 2 is 2.11 bits per heavy atom. The lowest BCUT2D eigenvalue weighted by molar-refractivity contribution is -0.120. The first-order valence-corrected chi connectivity index (χ1v) is 9.89. The average Bonchev–Trinajstić information content (AvgIpc) is 3.26. The molecule has 1 aliphatic heterocycles. The Hall–Kier alpha value is -2.74. The third kappa shape index (κ3) is 3.57. The fourth-order valence-corrected chi connectivity index (χ4v) is 4.10. The van der Waals surface area contributed by atoms with Crippen LogP contribution in [0, 0.1) is 12.8 Å². The topological polar surface area (TPSA) is 75.9 Å². The van der Waals surface area contributed by atoms with Crippen molar-refractivity contribution in [2.24, 2.45) is 5.92 Å². The van der Waals surface area contributed by atoms with Gasteiger partial charge in [0.1, 0.15) is 5.01 Å². The van der Waals surface area contributed by atoms with Crippen LogP contribution in [-0.4, -0.2) is 38.7 Å². The van der Waals surface area contributed by atoms with Crippen LogP contribution in [0.1, 0.15) is 17.8 Å². The van der Waals surface area contributed by atoms with Gasteiger partial charge < -0.3 is 14.8 Å². The van der Waals surface area contributed by atoms with Crippen molar-refractivity contribution in [2.45, 2.75) is 26.3 Å². The SMILES string of the molecule is C=CCn1c(N2CCC(C(=O)Nc3nnc(C)s3)CC2)nc2ccccc21. The number of carbonyl (C=O) groups excluding carboxylic acids is 1. The fraction of sp³-hybridized carbons (Fsp3) is 0.368. The third-order valence-corrected chi connectivity index (χ3v) is 5.60. The molecule has 140 valence electrons. The molecule has 3 heterocycles. The van der Waals surface area contributed by atoms with Crippen molar-refractivity contribution in [2.75, 3.05) is 23.3 Å². The summed E-state index contributed by atoms with van der Waals surface area (Å²) in [6, 6.07) is 8.14. The minimum atomic E-state index is -0.0114. The maximum absolute atomic E-state index is 12.5. The van der Waals surface area contributed by atoms with E-state index in [1.165, 1.54) is 11.3 Å². The van der Waals surface area contributed by atoms with Crippen LogP contribution < -0.4 is 10.2 Å². The van der Waals surface area contributed by atoms with Gasteiger partial charge in [-0.05, 0) is 31.9 Å². The molecule has 2 aromatic heterocycles. The predicted octanol–water partition coefficient (Wildman–Crippen LogP) is 3.24. The molecule has 1 N–H and O–H groups in total. The molecule has 0 saturated carbocycles. The average molecular weight is 382 g/mol. The van der Waals surface area contributed by atoms with Crippen LogP contribution in [0.25, 0.3) is 11.0 Å². The molecule has 7 nitrogen and oxygen atoms in total. The summed E-state index contributed by atoms with van der Waals surface area (Å²) >= 11 is 1.40. The van der Waals surface area contributed by atoms with Crippen LogP contribution in [0.2, 0.25) is 0 Å². The van der Waals surface area contributed by atoms with Gasteiger partial charge in [-0.15, -0.1) is 16.8 Å². The number of aromatic nitrogens is 4. The maximum atomic E-state index is 12.5. The maximum Gasteiger partial charge on any atom is 0.229 e. The molecule has 8 heteroatoms. The molecule has 0 atom stereocenters. The summed E-state index contributed by atoms with van der Waals surface area (Å²) in [5.74, 6) is 0.975. The van der Waals surface area contributed by atoms with E-state index in [1.807, 2.05) is 31.2 Å². The third-order valence-electron chi connectivity index (χ3n) is 4.85. The zero-order chi connectivity index (χ0) is 18.8. The molecule has 1 amide bonds. The van der Waals surface area contributed by atoms with Gasteiger partial charge in [0.2, 0.25) is 17.0 Å². The van der Waals surface area contributed by atoms with Crippen molar-refractivity contribution in [3.05, 3.63) is 41.9 Å². The van der Waals surface area contributed by atoms with Crippen molar-refractivity contribution in [3.63, 3.8) is 0 Å². The minimum absolute atomic E-state index is 0.0114. The van der Waals surface area contributed by atoms with Crippen LogP contribution in [0.3, 0.4) is 0 Å². The molecule has 3 aromatic rings. The summed E-state index contributed by atoms with van der Waals surface area (Å²) in [5.41, 5.74) is 2.10. The lowest BCUT2D eigenvalue weighted by Crippen LogP contribution is -2.39. The number of fused-ring (bicyclic) bond motifs is 1. The summed E-state index contributed by atoms with van der Waals surface area (Å²) < 4.78 is 2.19. The Labute approximate surface area is 161 Å². The van der Waals surface area contributed by atoms with Gasteiger partial charge in [0.05, 0.1) is 11.0 Å². The summed E-state index contributed by atoms with van der Waals surface area (Å²) in [7, 11) is 0. The minimum Gasteiger partial charge on any atom is -0.342 e. The summed E-state index contributed by atoms with van der Waals surface area (Å²) in [6.45, 7) is 8.07. The largest absolute Gasteiger partial charge is 0.342 e.